The highest BCUT2D eigenvalue weighted by molar-refractivity contribution is 5.92. The Balaban J connectivity index is 1.89. The van der Waals surface area contributed by atoms with Gasteiger partial charge in [0, 0.05) is 17.6 Å². The summed E-state index contributed by atoms with van der Waals surface area (Å²) in [5.41, 5.74) is 0. The Morgan fingerprint density at radius 2 is 2.05 bits per heavy atom. The van der Waals surface area contributed by atoms with E-state index in [1.165, 1.54) is 31.1 Å². The fourth-order valence-electron chi connectivity index (χ4n) is 3.18. The van der Waals surface area contributed by atoms with Gasteiger partial charge in [-0.3, -0.25) is 0 Å². The molecule has 1 saturated carbocycles. The number of nitrogens with zero attached hydrogens (tertiary/aromatic N) is 1. The summed E-state index contributed by atoms with van der Waals surface area (Å²) in [5, 5.41) is 5.94. The van der Waals surface area contributed by atoms with Gasteiger partial charge in [-0.1, -0.05) is 18.9 Å². The van der Waals surface area contributed by atoms with Crippen molar-refractivity contribution in [1.82, 2.24) is 4.98 Å². The summed E-state index contributed by atoms with van der Waals surface area (Å²) < 4.78 is 5.33. The molecule has 20 heavy (non-hydrogen) atoms. The highest BCUT2D eigenvalue weighted by Gasteiger charge is 2.22. The highest BCUT2D eigenvalue weighted by atomic mass is 16.5. The fraction of sp³-hybridized carbons (Fsp3) is 0.471. The molecule has 1 unspecified atom stereocenters. The van der Waals surface area contributed by atoms with Crippen molar-refractivity contribution in [2.24, 2.45) is 5.92 Å². The van der Waals surface area contributed by atoms with Crippen LogP contribution in [0.2, 0.25) is 0 Å². The Bertz CT molecular complexity index is 591. The van der Waals surface area contributed by atoms with Crippen molar-refractivity contribution in [1.29, 1.82) is 0 Å². The zero-order chi connectivity index (χ0) is 13.9. The van der Waals surface area contributed by atoms with Gasteiger partial charge in [0.05, 0.1) is 7.11 Å². The zero-order valence-electron chi connectivity index (χ0n) is 12.2. The second-order valence-electron chi connectivity index (χ2n) is 5.72. The van der Waals surface area contributed by atoms with Gasteiger partial charge in [0.2, 0.25) is 0 Å². The molecule has 106 valence electrons. The monoisotopic (exact) mass is 270 g/mol. The molecule has 0 bridgehead atoms. The average molecular weight is 270 g/mol. The van der Waals surface area contributed by atoms with Gasteiger partial charge in [0.25, 0.3) is 0 Å². The molecule has 1 N–H and O–H groups in total. The summed E-state index contributed by atoms with van der Waals surface area (Å²) in [5.74, 6) is 2.63. The maximum Gasteiger partial charge on any atom is 0.134 e. The van der Waals surface area contributed by atoms with Crippen molar-refractivity contribution in [2.45, 2.75) is 38.6 Å². The first-order chi connectivity index (χ1) is 9.78. The average Bonchev–Trinajstić information content (AvgIpc) is 3.01. The van der Waals surface area contributed by atoms with Crippen LogP contribution in [0.4, 0.5) is 5.82 Å². The lowest BCUT2D eigenvalue weighted by atomic mass is 9.99. The standard InChI is InChI=1S/C17H22N2O/c1-12(13-5-3-4-6-13)19-17-16-11-15(20-2)8-7-14(16)9-10-18-17/h7-13H,3-6H2,1-2H3,(H,18,19). The minimum atomic E-state index is 0.474. The number of ether oxygens (including phenoxy) is 1. The second kappa shape index (κ2) is 5.70. The second-order valence-corrected chi connectivity index (χ2v) is 5.72. The van der Waals surface area contributed by atoms with Crippen molar-refractivity contribution in [3.63, 3.8) is 0 Å². The van der Waals surface area contributed by atoms with E-state index in [1.807, 2.05) is 18.3 Å². The van der Waals surface area contributed by atoms with E-state index in [9.17, 15) is 0 Å². The van der Waals surface area contributed by atoms with E-state index in [0.29, 0.717) is 6.04 Å². The molecule has 1 aromatic heterocycles. The quantitative estimate of drug-likeness (QED) is 0.902. The number of methoxy groups -OCH3 is 1. The zero-order valence-corrected chi connectivity index (χ0v) is 12.2. The van der Waals surface area contributed by atoms with Gasteiger partial charge in [-0.05, 0) is 49.3 Å². The Hall–Kier alpha value is -1.77. The van der Waals surface area contributed by atoms with E-state index in [4.69, 9.17) is 4.74 Å². The van der Waals surface area contributed by atoms with Crippen LogP contribution in [0.3, 0.4) is 0 Å². The number of hydrogen-bond donors (Lipinski definition) is 1. The molecule has 3 heteroatoms. The summed E-state index contributed by atoms with van der Waals surface area (Å²) in [6, 6.07) is 8.65. The van der Waals surface area contributed by atoms with Crippen LogP contribution in [0.5, 0.6) is 5.75 Å². The first-order valence-electron chi connectivity index (χ1n) is 7.47. The van der Waals surface area contributed by atoms with Crippen molar-refractivity contribution < 1.29 is 4.74 Å². The van der Waals surface area contributed by atoms with Crippen LogP contribution >= 0.6 is 0 Å². The van der Waals surface area contributed by atoms with Crippen LogP contribution < -0.4 is 10.1 Å². The molecule has 0 radical (unpaired) electrons. The molecule has 2 aromatic rings. The van der Waals surface area contributed by atoms with Crippen LogP contribution in [0, 0.1) is 5.92 Å². The van der Waals surface area contributed by atoms with Crippen LogP contribution in [-0.2, 0) is 0 Å². The van der Waals surface area contributed by atoms with E-state index in [2.05, 4.69) is 29.4 Å². The van der Waals surface area contributed by atoms with Crippen molar-refractivity contribution >= 4 is 16.6 Å². The molecular weight excluding hydrogens is 248 g/mol. The summed E-state index contributed by atoms with van der Waals surface area (Å²) in [7, 11) is 1.70. The minimum absolute atomic E-state index is 0.474. The largest absolute Gasteiger partial charge is 0.497 e. The predicted octanol–water partition coefficient (Wildman–Crippen LogP) is 4.23. The summed E-state index contributed by atoms with van der Waals surface area (Å²) in [6.45, 7) is 2.27. The van der Waals surface area contributed by atoms with Gasteiger partial charge < -0.3 is 10.1 Å². The molecule has 3 rings (SSSR count). The van der Waals surface area contributed by atoms with Gasteiger partial charge in [-0.25, -0.2) is 4.98 Å². The van der Waals surface area contributed by atoms with Gasteiger partial charge in [0.1, 0.15) is 11.6 Å². The third kappa shape index (κ3) is 2.58. The summed E-state index contributed by atoms with van der Waals surface area (Å²) >= 11 is 0. The third-order valence-corrected chi connectivity index (χ3v) is 4.44. The number of anilines is 1. The Morgan fingerprint density at radius 3 is 2.80 bits per heavy atom. The summed E-state index contributed by atoms with van der Waals surface area (Å²) in [6.07, 6.45) is 7.28. The van der Waals surface area contributed by atoms with E-state index in [1.54, 1.807) is 7.11 Å². The van der Waals surface area contributed by atoms with Crippen molar-refractivity contribution in [3.05, 3.63) is 30.5 Å². The summed E-state index contributed by atoms with van der Waals surface area (Å²) in [4.78, 5) is 4.53. The third-order valence-electron chi connectivity index (χ3n) is 4.44. The maximum absolute atomic E-state index is 5.33. The highest BCUT2D eigenvalue weighted by Crippen LogP contribution is 2.31. The van der Waals surface area contributed by atoms with Gasteiger partial charge in [0.15, 0.2) is 0 Å². The lowest BCUT2D eigenvalue weighted by Gasteiger charge is -2.21. The number of benzene rings is 1. The lowest BCUT2D eigenvalue weighted by molar-refractivity contribution is 0.415. The van der Waals surface area contributed by atoms with Gasteiger partial charge >= 0.3 is 0 Å². The molecule has 1 aliphatic rings. The van der Waals surface area contributed by atoms with E-state index < -0.39 is 0 Å². The first kappa shape index (κ1) is 13.2. The normalized spacial score (nSPS) is 17.3. The van der Waals surface area contributed by atoms with Crippen molar-refractivity contribution in [3.8, 4) is 5.75 Å². The molecular formula is C17H22N2O. The molecule has 3 nitrogen and oxygen atoms in total. The van der Waals surface area contributed by atoms with Crippen molar-refractivity contribution in [2.75, 3.05) is 12.4 Å². The maximum atomic E-state index is 5.33. The Labute approximate surface area is 120 Å². The fourth-order valence-corrected chi connectivity index (χ4v) is 3.18. The topological polar surface area (TPSA) is 34.1 Å². The van der Waals surface area contributed by atoms with Crippen LogP contribution in [-0.4, -0.2) is 18.1 Å². The smallest absolute Gasteiger partial charge is 0.134 e. The predicted molar refractivity (Wildman–Crippen MR) is 83.3 cm³/mol. The van der Waals surface area contributed by atoms with Gasteiger partial charge in [-0.2, -0.15) is 0 Å². The first-order valence-corrected chi connectivity index (χ1v) is 7.47. The van der Waals surface area contributed by atoms with E-state index in [-0.39, 0.29) is 0 Å². The molecule has 1 aromatic carbocycles. The number of fused-ring (bicyclic) bond motifs is 1. The number of aromatic nitrogens is 1. The molecule has 1 atom stereocenters. The number of nitrogens with one attached hydrogen (secondary N) is 1. The molecule has 0 aliphatic heterocycles. The molecule has 1 aliphatic carbocycles. The molecule has 0 saturated heterocycles. The molecule has 1 heterocycles. The Morgan fingerprint density at radius 1 is 1.25 bits per heavy atom. The minimum Gasteiger partial charge on any atom is -0.497 e. The number of rotatable bonds is 4. The molecule has 1 fully saturated rings. The van der Waals surface area contributed by atoms with E-state index in [0.717, 1.165) is 22.9 Å². The van der Waals surface area contributed by atoms with Crippen LogP contribution in [0.15, 0.2) is 30.5 Å². The number of pyridine rings is 1. The lowest BCUT2D eigenvalue weighted by Crippen LogP contribution is -2.24. The SMILES string of the molecule is COc1ccc2ccnc(NC(C)C3CCCC3)c2c1. The Kier molecular flexibility index (Phi) is 3.77. The van der Waals surface area contributed by atoms with Gasteiger partial charge in [-0.15, -0.1) is 0 Å². The number of hydrogen-bond acceptors (Lipinski definition) is 3. The molecule has 0 spiro atoms. The molecule has 0 amide bonds. The van der Waals surface area contributed by atoms with Crippen LogP contribution in [0.1, 0.15) is 32.6 Å². The van der Waals surface area contributed by atoms with Crippen LogP contribution in [0.25, 0.3) is 10.8 Å². The van der Waals surface area contributed by atoms with E-state index >= 15 is 0 Å².